The minimum Gasteiger partial charge on any atom is -0.342 e. The van der Waals surface area contributed by atoms with Crippen LogP contribution in [0.4, 0.5) is 0 Å². The van der Waals surface area contributed by atoms with Gasteiger partial charge in [-0.25, -0.2) is 4.98 Å². The Morgan fingerprint density at radius 1 is 1.10 bits per heavy atom. The van der Waals surface area contributed by atoms with E-state index in [0.29, 0.717) is 17.9 Å². The molecule has 1 aromatic heterocycles. The summed E-state index contributed by atoms with van der Waals surface area (Å²) in [6.45, 7) is 3.16. The van der Waals surface area contributed by atoms with Crippen molar-refractivity contribution in [2.75, 3.05) is 31.3 Å². The molecule has 1 amide bonds. The van der Waals surface area contributed by atoms with Crippen molar-refractivity contribution < 1.29 is 4.79 Å². The van der Waals surface area contributed by atoms with E-state index in [1.54, 1.807) is 0 Å². The molecule has 3 fully saturated rings. The van der Waals surface area contributed by atoms with Gasteiger partial charge in [0.15, 0.2) is 0 Å². The number of para-hydroxylation sites is 2. The van der Waals surface area contributed by atoms with Crippen LogP contribution in [0.5, 0.6) is 0 Å². The Hall–Kier alpha value is -1.57. The van der Waals surface area contributed by atoms with Crippen molar-refractivity contribution in [1.82, 2.24) is 19.8 Å². The van der Waals surface area contributed by atoms with E-state index in [4.69, 9.17) is 10.7 Å². The van der Waals surface area contributed by atoms with Gasteiger partial charge in [-0.05, 0) is 69.7 Å². The quantitative estimate of drug-likeness (QED) is 0.784. The summed E-state index contributed by atoms with van der Waals surface area (Å²) in [5.41, 5.74) is 8.61. The number of aromatic nitrogens is 2. The van der Waals surface area contributed by atoms with Crippen LogP contribution in [0.1, 0.15) is 50.3 Å². The summed E-state index contributed by atoms with van der Waals surface area (Å²) in [5.74, 6) is 4.10. The number of fused-ring (bicyclic) bond motifs is 1. The van der Waals surface area contributed by atoms with Gasteiger partial charge in [0.2, 0.25) is 5.91 Å². The molecule has 3 aliphatic rings. The summed E-state index contributed by atoms with van der Waals surface area (Å²) in [4.78, 5) is 25.6. The summed E-state index contributed by atoms with van der Waals surface area (Å²) < 4.78 is 0. The maximum Gasteiger partial charge on any atom is 0.240 e. The summed E-state index contributed by atoms with van der Waals surface area (Å²) in [6.07, 6.45) is 6.87. The molecular formula is C23H33N5OS. The van der Waals surface area contributed by atoms with Crippen molar-refractivity contribution >= 4 is 28.7 Å². The van der Waals surface area contributed by atoms with Gasteiger partial charge in [-0.1, -0.05) is 12.1 Å². The van der Waals surface area contributed by atoms with Crippen LogP contribution in [-0.2, 0) is 4.79 Å². The molecule has 162 valence electrons. The number of nitrogens with zero attached hydrogens (tertiary/aromatic N) is 3. The topological polar surface area (TPSA) is 78.2 Å². The average molecular weight is 428 g/mol. The number of rotatable bonds is 4. The molecule has 3 heterocycles. The molecule has 0 unspecified atom stereocenters. The van der Waals surface area contributed by atoms with Crippen LogP contribution in [0, 0.1) is 5.92 Å². The van der Waals surface area contributed by atoms with Crippen molar-refractivity contribution in [2.45, 2.75) is 56.5 Å². The van der Waals surface area contributed by atoms with E-state index in [0.717, 1.165) is 61.0 Å². The first kappa shape index (κ1) is 20.3. The number of hydrogen-bond donors (Lipinski definition) is 2. The van der Waals surface area contributed by atoms with E-state index in [9.17, 15) is 4.79 Å². The number of hydrogen-bond acceptors (Lipinski definition) is 5. The smallest absolute Gasteiger partial charge is 0.240 e. The molecule has 6 nitrogen and oxygen atoms in total. The number of aromatic amines is 1. The molecule has 1 aliphatic carbocycles. The maximum absolute atomic E-state index is 12.6. The van der Waals surface area contributed by atoms with Gasteiger partial charge in [-0.3, -0.25) is 4.79 Å². The molecule has 0 spiro atoms. The van der Waals surface area contributed by atoms with Gasteiger partial charge in [-0.15, -0.1) is 11.8 Å². The third kappa shape index (κ3) is 4.12. The largest absolute Gasteiger partial charge is 0.342 e. The van der Waals surface area contributed by atoms with E-state index >= 15 is 0 Å². The zero-order valence-electron chi connectivity index (χ0n) is 17.6. The molecule has 30 heavy (non-hydrogen) atoms. The van der Waals surface area contributed by atoms with Crippen LogP contribution in [0.2, 0.25) is 0 Å². The summed E-state index contributed by atoms with van der Waals surface area (Å²) >= 11 is 1.83. The van der Waals surface area contributed by atoms with Crippen LogP contribution in [0.3, 0.4) is 0 Å². The molecule has 2 aliphatic heterocycles. The van der Waals surface area contributed by atoms with Crippen molar-refractivity contribution in [3.63, 3.8) is 0 Å². The molecule has 1 saturated carbocycles. The van der Waals surface area contributed by atoms with E-state index in [1.807, 2.05) is 16.7 Å². The number of nitrogens with two attached hydrogens (primary N) is 1. The van der Waals surface area contributed by atoms with Gasteiger partial charge in [0.05, 0.1) is 23.0 Å². The number of amides is 1. The fourth-order valence-electron chi connectivity index (χ4n) is 5.53. The minimum atomic E-state index is -0.302. The standard InChI is InChI=1S/C23H33N5OS/c24-21(23(29)28-13-14-30-15-28)16-5-7-18(8-6-16)27-11-9-17(10-12-27)22-25-19-3-1-2-4-20(19)26-22/h1-4,16-18,21H,5-15,24H2,(H,25,26)/t16-,18-,21-/m0/s1. The van der Waals surface area contributed by atoms with Gasteiger partial charge in [-0.2, -0.15) is 0 Å². The molecule has 7 heteroatoms. The number of likely N-dealkylation sites (tertiary alicyclic amines) is 1. The van der Waals surface area contributed by atoms with Gasteiger partial charge in [0.1, 0.15) is 5.82 Å². The number of nitrogens with one attached hydrogen (secondary N) is 1. The first-order valence-corrected chi connectivity index (χ1v) is 12.7. The number of piperidine rings is 1. The fraction of sp³-hybridized carbons (Fsp3) is 0.652. The zero-order valence-corrected chi connectivity index (χ0v) is 18.4. The van der Waals surface area contributed by atoms with Crippen molar-refractivity contribution in [3.05, 3.63) is 30.1 Å². The predicted octanol–water partition coefficient (Wildman–Crippen LogP) is 3.16. The molecule has 2 aromatic rings. The fourth-order valence-corrected chi connectivity index (χ4v) is 6.49. The lowest BCUT2D eigenvalue weighted by atomic mass is 9.80. The second kappa shape index (κ2) is 8.89. The summed E-state index contributed by atoms with van der Waals surface area (Å²) in [6, 6.07) is 8.66. The van der Waals surface area contributed by atoms with Crippen LogP contribution >= 0.6 is 11.8 Å². The Labute approximate surface area is 183 Å². The lowest BCUT2D eigenvalue weighted by Gasteiger charge is -2.41. The summed E-state index contributed by atoms with van der Waals surface area (Å²) in [7, 11) is 0. The Balaban J connectivity index is 1.11. The number of carbonyl (C=O) groups is 1. The Morgan fingerprint density at radius 3 is 2.57 bits per heavy atom. The molecule has 1 atom stereocenters. The summed E-state index contributed by atoms with van der Waals surface area (Å²) in [5, 5.41) is 0. The van der Waals surface area contributed by atoms with E-state index in [1.165, 1.54) is 25.7 Å². The molecule has 2 saturated heterocycles. The Morgan fingerprint density at radius 2 is 1.87 bits per heavy atom. The van der Waals surface area contributed by atoms with Crippen LogP contribution in [0.15, 0.2) is 24.3 Å². The van der Waals surface area contributed by atoms with Crippen LogP contribution in [0.25, 0.3) is 11.0 Å². The highest BCUT2D eigenvalue weighted by molar-refractivity contribution is 7.99. The Bertz CT molecular complexity index is 830. The number of thioether (sulfide) groups is 1. The second-order valence-electron chi connectivity index (χ2n) is 9.18. The average Bonchev–Trinajstić information content (AvgIpc) is 3.48. The molecule has 0 bridgehead atoms. The maximum atomic E-state index is 12.6. The van der Waals surface area contributed by atoms with Crippen molar-refractivity contribution in [1.29, 1.82) is 0 Å². The third-order valence-electron chi connectivity index (χ3n) is 7.44. The highest BCUT2D eigenvalue weighted by atomic mass is 32.2. The monoisotopic (exact) mass is 427 g/mol. The molecule has 0 radical (unpaired) electrons. The number of benzene rings is 1. The zero-order chi connectivity index (χ0) is 20.5. The number of H-pyrrole nitrogens is 1. The van der Waals surface area contributed by atoms with Gasteiger partial charge < -0.3 is 20.5 Å². The van der Waals surface area contributed by atoms with Crippen LogP contribution in [-0.4, -0.2) is 69.0 Å². The number of imidazole rings is 1. The molecule has 1 aromatic carbocycles. The second-order valence-corrected chi connectivity index (χ2v) is 10.3. The normalized spacial score (nSPS) is 27.6. The van der Waals surface area contributed by atoms with Crippen molar-refractivity contribution in [3.8, 4) is 0 Å². The van der Waals surface area contributed by atoms with Gasteiger partial charge in [0.25, 0.3) is 0 Å². The third-order valence-corrected chi connectivity index (χ3v) is 8.40. The molecule has 3 N–H and O–H groups in total. The first-order valence-electron chi connectivity index (χ1n) is 11.5. The van der Waals surface area contributed by atoms with E-state index < -0.39 is 0 Å². The lowest BCUT2D eigenvalue weighted by Crippen LogP contribution is -2.49. The highest BCUT2D eigenvalue weighted by Crippen LogP contribution is 2.34. The first-order chi connectivity index (χ1) is 14.7. The van der Waals surface area contributed by atoms with Crippen molar-refractivity contribution in [2.24, 2.45) is 11.7 Å². The number of carbonyl (C=O) groups excluding carboxylic acids is 1. The Kier molecular flexibility index (Phi) is 6.03. The predicted molar refractivity (Wildman–Crippen MR) is 122 cm³/mol. The van der Waals surface area contributed by atoms with E-state index in [2.05, 4.69) is 34.1 Å². The molecular weight excluding hydrogens is 394 g/mol. The highest BCUT2D eigenvalue weighted by Gasteiger charge is 2.35. The van der Waals surface area contributed by atoms with Crippen LogP contribution < -0.4 is 5.73 Å². The SMILES string of the molecule is N[C@H](C(=O)N1CCSC1)[C@H]1CC[C@H](N2CCC(c3nc4ccccc4[nH]3)CC2)CC1. The van der Waals surface area contributed by atoms with Gasteiger partial charge in [0, 0.05) is 24.3 Å². The molecule has 5 rings (SSSR count). The lowest BCUT2D eigenvalue weighted by molar-refractivity contribution is -0.132. The minimum absolute atomic E-state index is 0.176. The van der Waals surface area contributed by atoms with Gasteiger partial charge >= 0.3 is 0 Å². The van der Waals surface area contributed by atoms with E-state index in [-0.39, 0.29) is 11.9 Å².